The van der Waals surface area contributed by atoms with Crippen molar-refractivity contribution in [3.05, 3.63) is 47.2 Å². The van der Waals surface area contributed by atoms with Crippen molar-refractivity contribution in [2.24, 2.45) is 0 Å². The van der Waals surface area contributed by atoms with Gasteiger partial charge < -0.3 is 4.42 Å². The summed E-state index contributed by atoms with van der Waals surface area (Å²) in [5.41, 5.74) is 4.93. The zero-order valence-corrected chi connectivity index (χ0v) is 11.4. The van der Waals surface area contributed by atoms with Gasteiger partial charge in [-0.1, -0.05) is 13.0 Å². The number of rotatable bonds is 3. The van der Waals surface area contributed by atoms with Crippen LogP contribution in [0.2, 0.25) is 0 Å². The molecule has 20 heavy (non-hydrogen) atoms. The summed E-state index contributed by atoms with van der Waals surface area (Å²) in [6, 6.07) is 7.71. The average molecular weight is 266 g/mol. The van der Waals surface area contributed by atoms with Gasteiger partial charge in [0.1, 0.15) is 11.2 Å². The standard InChI is InChI=1S/C16H14N2O2/c1-3-12-7-11(9-19)8-17-15(12)16-18-13-6-10(2)4-5-14(13)20-16/h4-9H,3H2,1-2H3. The smallest absolute Gasteiger partial charge is 0.246 e. The van der Waals surface area contributed by atoms with Gasteiger partial charge in [-0.05, 0) is 42.7 Å². The number of nitrogens with zero attached hydrogens (tertiary/aromatic N) is 2. The predicted octanol–water partition coefficient (Wildman–Crippen LogP) is 3.57. The number of carbonyl (C=O) groups excluding carboxylic acids is 1. The lowest BCUT2D eigenvalue weighted by Crippen LogP contribution is -1.94. The number of oxazole rings is 1. The van der Waals surface area contributed by atoms with Crippen molar-refractivity contribution in [1.82, 2.24) is 9.97 Å². The van der Waals surface area contributed by atoms with E-state index in [1.165, 1.54) is 0 Å². The Morgan fingerprint density at radius 3 is 2.90 bits per heavy atom. The number of pyridine rings is 1. The Labute approximate surface area is 116 Å². The van der Waals surface area contributed by atoms with Crippen molar-refractivity contribution in [3.8, 4) is 11.6 Å². The van der Waals surface area contributed by atoms with E-state index in [9.17, 15) is 4.79 Å². The van der Waals surface area contributed by atoms with Crippen molar-refractivity contribution in [2.45, 2.75) is 20.3 Å². The molecule has 2 heterocycles. The van der Waals surface area contributed by atoms with Crippen molar-refractivity contribution in [3.63, 3.8) is 0 Å². The third-order valence-corrected chi connectivity index (χ3v) is 3.25. The molecule has 4 heteroatoms. The summed E-state index contributed by atoms with van der Waals surface area (Å²) in [7, 11) is 0. The third-order valence-electron chi connectivity index (χ3n) is 3.25. The molecule has 0 saturated carbocycles. The van der Waals surface area contributed by atoms with Crippen molar-refractivity contribution in [1.29, 1.82) is 0 Å². The minimum Gasteiger partial charge on any atom is -0.435 e. The number of aryl methyl sites for hydroxylation is 2. The van der Waals surface area contributed by atoms with Crippen LogP contribution in [0.15, 0.2) is 34.9 Å². The van der Waals surface area contributed by atoms with Gasteiger partial charge in [0.05, 0.1) is 0 Å². The van der Waals surface area contributed by atoms with Crippen LogP contribution in [0.3, 0.4) is 0 Å². The Hall–Kier alpha value is -2.49. The molecule has 2 aromatic heterocycles. The molecule has 0 amide bonds. The summed E-state index contributed by atoms with van der Waals surface area (Å²) >= 11 is 0. The van der Waals surface area contributed by atoms with Crippen LogP contribution in [-0.2, 0) is 6.42 Å². The molecular formula is C16H14N2O2. The van der Waals surface area contributed by atoms with Crippen molar-refractivity contribution in [2.75, 3.05) is 0 Å². The first kappa shape index (κ1) is 12.5. The molecule has 0 N–H and O–H groups in total. The topological polar surface area (TPSA) is 56.0 Å². The van der Waals surface area contributed by atoms with Gasteiger partial charge in [-0.2, -0.15) is 0 Å². The van der Waals surface area contributed by atoms with Gasteiger partial charge >= 0.3 is 0 Å². The zero-order valence-electron chi connectivity index (χ0n) is 11.4. The van der Waals surface area contributed by atoms with Gasteiger partial charge in [0, 0.05) is 11.8 Å². The number of carbonyl (C=O) groups is 1. The van der Waals surface area contributed by atoms with E-state index in [-0.39, 0.29) is 0 Å². The number of hydrogen-bond acceptors (Lipinski definition) is 4. The Morgan fingerprint density at radius 2 is 2.15 bits per heavy atom. The maximum absolute atomic E-state index is 10.8. The quantitative estimate of drug-likeness (QED) is 0.680. The molecular weight excluding hydrogens is 252 g/mol. The summed E-state index contributed by atoms with van der Waals surface area (Å²) in [5.74, 6) is 0.500. The van der Waals surface area contributed by atoms with Crippen LogP contribution < -0.4 is 0 Å². The molecule has 1 aromatic carbocycles. The number of hydrogen-bond donors (Lipinski definition) is 0. The monoisotopic (exact) mass is 266 g/mol. The molecule has 3 rings (SSSR count). The van der Waals surface area contributed by atoms with Crippen molar-refractivity contribution < 1.29 is 9.21 Å². The molecule has 0 aliphatic heterocycles. The fourth-order valence-electron chi connectivity index (χ4n) is 2.19. The molecule has 100 valence electrons. The second-order valence-electron chi connectivity index (χ2n) is 4.74. The highest BCUT2D eigenvalue weighted by Crippen LogP contribution is 2.26. The summed E-state index contributed by atoms with van der Waals surface area (Å²) in [5, 5.41) is 0. The van der Waals surface area contributed by atoms with Crippen LogP contribution in [0.4, 0.5) is 0 Å². The van der Waals surface area contributed by atoms with Gasteiger partial charge in [0.2, 0.25) is 5.89 Å². The molecule has 0 radical (unpaired) electrons. The second-order valence-corrected chi connectivity index (χ2v) is 4.74. The van der Waals surface area contributed by atoms with E-state index >= 15 is 0 Å². The fraction of sp³-hybridized carbons (Fsp3) is 0.188. The van der Waals surface area contributed by atoms with E-state index in [1.54, 1.807) is 6.20 Å². The maximum Gasteiger partial charge on any atom is 0.246 e. The molecule has 0 aliphatic rings. The maximum atomic E-state index is 10.8. The van der Waals surface area contributed by atoms with Crippen LogP contribution in [0, 0.1) is 6.92 Å². The van der Waals surface area contributed by atoms with Crippen LogP contribution in [0.5, 0.6) is 0 Å². The lowest BCUT2D eigenvalue weighted by atomic mass is 10.1. The van der Waals surface area contributed by atoms with Crippen LogP contribution in [0.1, 0.15) is 28.4 Å². The SMILES string of the molecule is CCc1cc(C=O)cnc1-c1nc2cc(C)ccc2o1. The second kappa shape index (κ2) is 4.89. The first-order valence-corrected chi connectivity index (χ1v) is 6.53. The number of aromatic nitrogens is 2. The van der Waals surface area contributed by atoms with Gasteiger partial charge in [0.15, 0.2) is 11.9 Å². The molecule has 0 unspecified atom stereocenters. The van der Waals surface area contributed by atoms with Gasteiger partial charge in [0.25, 0.3) is 0 Å². The zero-order chi connectivity index (χ0) is 14.1. The van der Waals surface area contributed by atoms with E-state index in [1.807, 2.05) is 38.1 Å². The molecule has 0 bridgehead atoms. The van der Waals surface area contributed by atoms with E-state index in [0.29, 0.717) is 17.1 Å². The Bertz CT molecular complexity index is 790. The highest BCUT2D eigenvalue weighted by atomic mass is 16.3. The first-order chi connectivity index (χ1) is 9.71. The van der Waals surface area contributed by atoms with Gasteiger partial charge in [-0.25, -0.2) is 4.98 Å². The molecule has 0 atom stereocenters. The number of fused-ring (bicyclic) bond motifs is 1. The van der Waals surface area contributed by atoms with Crippen LogP contribution in [0.25, 0.3) is 22.7 Å². The fourth-order valence-corrected chi connectivity index (χ4v) is 2.19. The van der Waals surface area contributed by atoms with Crippen LogP contribution >= 0.6 is 0 Å². The largest absolute Gasteiger partial charge is 0.435 e. The molecule has 4 nitrogen and oxygen atoms in total. The van der Waals surface area contributed by atoms with Crippen molar-refractivity contribution >= 4 is 17.4 Å². The molecule has 0 spiro atoms. The summed E-state index contributed by atoms with van der Waals surface area (Å²) < 4.78 is 5.76. The highest BCUT2D eigenvalue weighted by molar-refractivity contribution is 5.78. The molecule has 0 saturated heterocycles. The minimum absolute atomic E-state index is 0.500. The Morgan fingerprint density at radius 1 is 1.30 bits per heavy atom. The number of aldehydes is 1. The predicted molar refractivity (Wildman–Crippen MR) is 76.7 cm³/mol. The summed E-state index contributed by atoms with van der Waals surface area (Å²) in [6.45, 7) is 4.03. The highest BCUT2D eigenvalue weighted by Gasteiger charge is 2.13. The van der Waals surface area contributed by atoms with Gasteiger partial charge in [-0.15, -0.1) is 0 Å². The molecule has 0 fully saturated rings. The Balaban J connectivity index is 2.17. The average Bonchev–Trinajstić information content (AvgIpc) is 2.89. The normalized spacial score (nSPS) is 10.9. The third kappa shape index (κ3) is 2.09. The van der Waals surface area contributed by atoms with Gasteiger partial charge in [-0.3, -0.25) is 9.78 Å². The van der Waals surface area contributed by atoms with E-state index in [0.717, 1.165) is 34.9 Å². The van der Waals surface area contributed by atoms with E-state index < -0.39 is 0 Å². The van der Waals surface area contributed by atoms with E-state index in [4.69, 9.17) is 4.42 Å². The first-order valence-electron chi connectivity index (χ1n) is 6.53. The molecule has 0 aliphatic carbocycles. The Kier molecular flexibility index (Phi) is 3.06. The lowest BCUT2D eigenvalue weighted by molar-refractivity contribution is 0.112. The summed E-state index contributed by atoms with van der Waals surface area (Å²) in [6.07, 6.45) is 3.11. The lowest BCUT2D eigenvalue weighted by Gasteiger charge is -2.03. The number of benzene rings is 1. The molecule has 3 aromatic rings. The van der Waals surface area contributed by atoms with E-state index in [2.05, 4.69) is 9.97 Å². The minimum atomic E-state index is 0.500. The van der Waals surface area contributed by atoms with Crippen LogP contribution in [-0.4, -0.2) is 16.3 Å². The summed E-state index contributed by atoms with van der Waals surface area (Å²) in [4.78, 5) is 19.6.